The number of amides is 1. The molecule has 114 valence electrons. The Balaban J connectivity index is 1.86. The quantitative estimate of drug-likeness (QED) is 0.901. The molecule has 1 fully saturated rings. The Hall–Kier alpha value is -2.08. The van der Waals surface area contributed by atoms with E-state index in [1.54, 1.807) is 4.90 Å². The van der Waals surface area contributed by atoms with Gasteiger partial charge in [0.25, 0.3) is 5.91 Å². The maximum Gasteiger partial charge on any atom is 0.371 e. The van der Waals surface area contributed by atoms with Crippen LogP contribution in [0.4, 0.5) is 0 Å². The van der Waals surface area contributed by atoms with Crippen LogP contribution >= 0.6 is 15.9 Å². The molecular weight excluding hydrogens is 350 g/mol. The zero-order chi connectivity index (χ0) is 15.7. The maximum absolute atomic E-state index is 12.6. The number of hydrogen-bond donors (Lipinski definition) is 1. The van der Waals surface area contributed by atoms with E-state index in [1.165, 1.54) is 12.1 Å². The third-order valence-electron chi connectivity index (χ3n) is 3.77. The average Bonchev–Trinajstić information content (AvgIpc) is 3.16. The van der Waals surface area contributed by atoms with Crippen molar-refractivity contribution in [3.63, 3.8) is 0 Å². The molecule has 0 aliphatic carbocycles. The third kappa shape index (κ3) is 2.78. The minimum atomic E-state index is -1.18. The van der Waals surface area contributed by atoms with Gasteiger partial charge in [-0.25, -0.2) is 4.79 Å². The molecule has 1 saturated heterocycles. The first-order valence-electron chi connectivity index (χ1n) is 6.96. The molecule has 1 unspecified atom stereocenters. The molecule has 0 bridgehead atoms. The first-order valence-corrected chi connectivity index (χ1v) is 7.75. The summed E-state index contributed by atoms with van der Waals surface area (Å²) in [6.45, 7) is 0.638. The van der Waals surface area contributed by atoms with Gasteiger partial charge in [0.2, 0.25) is 5.76 Å². The lowest BCUT2D eigenvalue weighted by molar-refractivity contribution is 0.0645. The van der Waals surface area contributed by atoms with E-state index in [0.717, 1.165) is 22.9 Å². The van der Waals surface area contributed by atoms with E-state index in [2.05, 4.69) is 15.9 Å². The first-order chi connectivity index (χ1) is 10.6. The summed E-state index contributed by atoms with van der Waals surface area (Å²) in [7, 11) is 0. The molecule has 6 heteroatoms. The summed E-state index contributed by atoms with van der Waals surface area (Å²) < 4.78 is 6.10. The van der Waals surface area contributed by atoms with Crippen LogP contribution in [0.5, 0.6) is 0 Å². The maximum atomic E-state index is 12.6. The van der Waals surface area contributed by atoms with Gasteiger partial charge in [0.15, 0.2) is 5.76 Å². The van der Waals surface area contributed by atoms with Crippen molar-refractivity contribution in [1.29, 1.82) is 0 Å². The fraction of sp³-hybridized carbons (Fsp3) is 0.250. The fourth-order valence-electron chi connectivity index (χ4n) is 2.78. The van der Waals surface area contributed by atoms with Crippen molar-refractivity contribution in [2.45, 2.75) is 18.9 Å². The third-order valence-corrected chi connectivity index (χ3v) is 4.27. The Morgan fingerprint density at radius 3 is 2.68 bits per heavy atom. The number of halogens is 1. The van der Waals surface area contributed by atoms with Gasteiger partial charge in [-0.05, 0) is 42.7 Å². The van der Waals surface area contributed by atoms with Crippen molar-refractivity contribution >= 4 is 27.8 Å². The van der Waals surface area contributed by atoms with E-state index >= 15 is 0 Å². The van der Waals surface area contributed by atoms with Crippen molar-refractivity contribution in [3.05, 3.63) is 58.0 Å². The van der Waals surface area contributed by atoms with Crippen LogP contribution in [0.25, 0.3) is 0 Å². The molecule has 2 heterocycles. The van der Waals surface area contributed by atoms with Crippen molar-refractivity contribution < 1.29 is 19.1 Å². The Morgan fingerprint density at radius 1 is 1.23 bits per heavy atom. The largest absolute Gasteiger partial charge is 0.475 e. The predicted molar refractivity (Wildman–Crippen MR) is 82.8 cm³/mol. The SMILES string of the molecule is O=C(O)c1ccc(C(=O)N2CCCC2c2cccc(Br)c2)o1. The van der Waals surface area contributed by atoms with Gasteiger partial charge >= 0.3 is 5.97 Å². The molecule has 1 aromatic carbocycles. The van der Waals surface area contributed by atoms with Gasteiger partial charge in [-0.3, -0.25) is 4.79 Å². The Labute approximate surface area is 135 Å². The van der Waals surface area contributed by atoms with Crippen LogP contribution in [-0.4, -0.2) is 28.4 Å². The monoisotopic (exact) mass is 363 g/mol. The molecule has 1 amide bonds. The number of likely N-dealkylation sites (tertiary alicyclic amines) is 1. The molecule has 1 N–H and O–H groups in total. The minimum Gasteiger partial charge on any atom is -0.475 e. The van der Waals surface area contributed by atoms with Crippen molar-refractivity contribution in [2.24, 2.45) is 0 Å². The molecular formula is C16H14BrNO4. The minimum absolute atomic E-state index is 0.0108. The number of aromatic carboxylic acids is 1. The lowest BCUT2D eigenvalue weighted by atomic mass is 10.0. The van der Waals surface area contributed by atoms with Crippen LogP contribution in [0.1, 0.15) is 45.6 Å². The van der Waals surface area contributed by atoms with Gasteiger partial charge in [-0.15, -0.1) is 0 Å². The highest BCUT2D eigenvalue weighted by Crippen LogP contribution is 2.34. The Kier molecular flexibility index (Phi) is 4.02. The van der Waals surface area contributed by atoms with E-state index in [4.69, 9.17) is 9.52 Å². The molecule has 1 aliphatic rings. The summed E-state index contributed by atoms with van der Waals surface area (Å²) in [6.07, 6.45) is 1.80. The first kappa shape index (κ1) is 14.8. The summed E-state index contributed by atoms with van der Waals surface area (Å²) in [6, 6.07) is 10.6. The Bertz CT molecular complexity index is 724. The number of carboxylic acids is 1. The second-order valence-corrected chi connectivity index (χ2v) is 6.10. The number of furan rings is 1. The number of rotatable bonds is 3. The highest BCUT2D eigenvalue weighted by Gasteiger charge is 2.32. The lowest BCUT2D eigenvalue weighted by Crippen LogP contribution is -2.30. The number of carbonyl (C=O) groups excluding carboxylic acids is 1. The van der Waals surface area contributed by atoms with E-state index in [-0.39, 0.29) is 23.5 Å². The number of hydrogen-bond acceptors (Lipinski definition) is 3. The molecule has 0 spiro atoms. The standard InChI is InChI=1S/C16H14BrNO4/c17-11-4-1-3-10(9-11)12-5-2-8-18(12)15(19)13-6-7-14(22-13)16(20)21/h1,3-4,6-7,9,12H,2,5,8H2,(H,20,21). The van der Waals surface area contributed by atoms with Crippen molar-refractivity contribution in [1.82, 2.24) is 4.90 Å². The molecule has 0 radical (unpaired) electrons. The number of nitrogens with zero attached hydrogens (tertiary/aromatic N) is 1. The van der Waals surface area contributed by atoms with Gasteiger partial charge in [-0.1, -0.05) is 28.1 Å². The van der Waals surface area contributed by atoms with Crippen LogP contribution < -0.4 is 0 Å². The normalized spacial score (nSPS) is 17.7. The van der Waals surface area contributed by atoms with E-state index in [9.17, 15) is 9.59 Å². The van der Waals surface area contributed by atoms with Crippen molar-refractivity contribution in [3.8, 4) is 0 Å². The second kappa shape index (κ2) is 5.96. The number of carboxylic acid groups (broad SMARTS) is 1. The summed E-state index contributed by atoms with van der Waals surface area (Å²) in [4.78, 5) is 25.2. The van der Waals surface area contributed by atoms with E-state index in [0.29, 0.717) is 6.54 Å². The zero-order valence-electron chi connectivity index (χ0n) is 11.7. The van der Waals surface area contributed by atoms with E-state index in [1.807, 2.05) is 24.3 Å². The van der Waals surface area contributed by atoms with E-state index < -0.39 is 5.97 Å². The number of carbonyl (C=O) groups is 2. The molecule has 22 heavy (non-hydrogen) atoms. The molecule has 5 nitrogen and oxygen atoms in total. The van der Waals surface area contributed by atoms with Crippen LogP contribution in [0.2, 0.25) is 0 Å². The van der Waals surface area contributed by atoms with Gasteiger partial charge in [0.1, 0.15) is 0 Å². The lowest BCUT2D eigenvalue weighted by Gasteiger charge is -2.24. The molecule has 2 aromatic rings. The van der Waals surface area contributed by atoms with Gasteiger partial charge in [0, 0.05) is 11.0 Å². The van der Waals surface area contributed by atoms with Crippen LogP contribution in [-0.2, 0) is 0 Å². The summed E-state index contributed by atoms with van der Waals surface area (Å²) in [5.74, 6) is -1.60. The summed E-state index contributed by atoms with van der Waals surface area (Å²) in [5.41, 5.74) is 1.06. The summed E-state index contributed by atoms with van der Waals surface area (Å²) >= 11 is 3.44. The van der Waals surface area contributed by atoms with Gasteiger partial charge < -0.3 is 14.4 Å². The smallest absolute Gasteiger partial charge is 0.371 e. The summed E-state index contributed by atoms with van der Waals surface area (Å²) in [5, 5.41) is 8.88. The van der Waals surface area contributed by atoms with Crippen LogP contribution in [0.15, 0.2) is 45.3 Å². The van der Waals surface area contributed by atoms with Gasteiger partial charge in [-0.2, -0.15) is 0 Å². The Morgan fingerprint density at radius 2 is 2.00 bits per heavy atom. The zero-order valence-corrected chi connectivity index (χ0v) is 13.2. The molecule has 0 saturated carbocycles. The fourth-order valence-corrected chi connectivity index (χ4v) is 3.20. The molecule has 1 aliphatic heterocycles. The van der Waals surface area contributed by atoms with Gasteiger partial charge in [0.05, 0.1) is 6.04 Å². The highest BCUT2D eigenvalue weighted by atomic mass is 79.9. The topological polar surface area (TPSA) is 70.8 Å². The van der Waals surface area contributed by atoms with Crippen LogP contribution in [0, 0.1) is 0 Å². The highest BCUT2D eigenvalue weighted by molar-refractivity contribution is 9.10. The van der Waals surface area contributed by atoms with Crippen LogP contribution in [0.3, 0.4) is 0 Å². The van der Waals surface area contributed by atoms with Crippen molar-refractivity contribution in [2.75, 3.05) is 6.54 Å². The molecule has 3 rings (SSSR count). The predicted octanol–water partition coefficient (Wildman–Crippen LogP) is 3.72. The molecule has 1 atom stereocenters. The number of benzene rings is 1. The average molecular weight is 364 g/mol. The molecule has 1 aromatic heterocycles. The second-order valence-electron chi connectivity index (χ2n) is 5.18.